The van der Waals surface area contributed by atoms with Gasteiger partial charge in [0.2, 0.25) is 0 Å². The maximum atomic E-state index is 4.74. The Morgan fingerprint density at radius 2 is 1.15 bits per heavy atom. The average molecular weight is 625 g/mol. The summed E-state index contributed by atoms with van der Waals surface area (Å²) in [6.45, 7) is 7.33. The van der Waals surface area contributed by atoms with Crippen molar-refractivity contribution in [3.8, 4) is 0 Å². The first kappa shape index (κ1) is 30.7. The fourth-order valence-electron chi connectivity index (χ4n) is 8.85. The summed E-state index contributed by atoms with van der Waals surface area (Å²) in [4.78, 5) is 19.0. The maximum absolute atomic E-state index is 4.74. The first-order chi connectivity index (χ1) is 19.2. The normalized spacial score (nSPS) is 26.4. The van der Waals surface area contributed by atoms with Gasteiger partial charge in [-0.25, -0.2) is 32.1 Å². The molecule has 4 aliphatic rings. The molecule has 4 nitrogen and oxygen atoms in total. The molecule has 2 aromatic heterocycles. The topological polar surface area (TPSA) is 51.6 Å². The summed E-state index contributed by atoms with van der Waals surface area (Å²) in [7, 11) is 6.54. The number of hydrogen-bond donors (Lipinski definition) is 0. The zero-order valence-corrected chi connectivity index (χ0v) is 27.8. The van der Waals surface area contributed by atoms with Gasteiger partial charge in [-0.2, -0.15) is 6.07 Å². The van der Waals surface area contributed by atoms with Crippen LogP contribution in [0.5, 0.6) is 0 Å². The molecule has 3 unspecified atom stereocenters. The van der Waals surface area contributed by atoms with Gasteiger partial charge in [0.15, 0.2) is 0 Å². The average Bonchev–Trinajstić information content (AvgIpc) is 3.68. The van der Waals surface area contributed by atoms with Crippen LogP contribution in [-0.4, -0.2) is 19.9 Å². The monoisotopic (exact) mass is 624 g/mol. The molecule has 4 bridgehead atoms. The van der Waals surface area contributed by atoms with Gasteiger partial charge in [0.1, 0.15) is 16.8 Å². The van der Waals surface area contributed by atoms with Gasteiger partial charge in [0.05, 0.1) is 0 Å². The molecule has 0 saturated heterocycles. The molecule has 0 N–H and O–H groups in total. The Bertz CT molecular complexity index is 1310. The molecular formula is C34H42FeN4P2-6. The zero-order valence-electron chi connectivity index (χ0n) is 24.4. The van der Waals surface area contributed by atoms with Gasteiger partial charge in [-0.1, -0.05) is 20.8 Å². The van der Waals surface area contributed by atoms with Crippen LogP contribution in [0.3, 0.4) is 0 Å². The molecule has 3 atom stereocenters. The second-order valence-electron chi connectivity index (χ2n) is 13.5. The molecular weight excluding hydrogens is 582 g/mol. The Kier molecular flexibility index (Phi) is 8.78. The third kappa shape index (κ3) is 5.20. The molecule has 222 valence electrons. The van der Waals surface area contributed by atoms with Crippen molar-refractivity contribution in [2.45, 2.75) is 69.6 Å². The molecule has 0 spiro atoms. The molecule has 2 heterocycles. The molecule has 4 aromatic rings. The van der Waals surface area contributed by atoms with Gasteiger partial charge < -0.3 is 30.3 Å². The van der Waals surface area contributed by atoms with Crippen LogP contribution in [0.4, 0.5) is 0 Å². The molecule has 7 heteroatoms. The largest absolute Gasteiger partial charge is 0.748 e. The van der Waals surface area contributed by atoms with E-state index in [1.165, 1.54) is 49.7 Å². The fraction of sp³-hybridized carbons (Fsp3) is 0.471. The minimum Gasteiger partial charge on any atom is -0.748 e. The second-order valence-corrected chi connectivity index (χ2v) is 15.3. The van der Waals surface area contributed by atoms with Crippen LogP contribution in [0, 0.1) is 28.6 Å². The molecule has 0 radical (unpaired) electrons. The number of hydrogen-bond acceptors (Lipinski definition) is 4. The van der Waals surface area contributed by atoms with E-state index in [1.807, 2.05) is 67.3 Å². The standard InChI is InChI=1S/C29H37N4P2.C5H5.Fe/c1-26(2,3)29(35,27-16-19-13-20(17-27)15-21(14-19)18-27)23-8-4-7-22(23)28(34,24-30-9-5-10-31-24)25-32-11-6-12-33-25;1-2-4-5-3-1;/h4-12,19-21H,13-18,34-35H2,1-3H3;1-5H;/q-1;-5;. The third-order valence-electron chi connectivity index (χ3n) is 10.1. The molecule has 4 saturated carbocycles. The van der Waals surface area contributed by atoms with Crippen LogP contribution >= 0.6 is 18.5 Å². The van der Waals surface area contributed by atoms with Crippen molar-refractivity contribution in [1.29, 1.82) is 0 Å². The van der Waals surface area contributed by atoms with Crippen LogP contribution in [-0.2, 0) is 27.4 Å². The Hall–Kier alpha value is -1.76. The van der Waals surface area contributed by atoms with Gasteiger partial charge in [-0.05, 0) is 84.4 Å². The van der Waals surface area contributed by atoms with Crippen molar-refractivity contribution in [1.82, 2.24) is 19.9 Å². The van der Waals surface area contributed by atoms with Crippen molar-refractivity contribution in [2.75, 3.05) is 0 Å². The molecule has 2 aromatic carbocycles. The summed E-state index contributed by atoms with van der Waals surface area (Å²) in [6.07, 6.45) is 15.7. The first-order valence-electron chi connectivity index (χ1n) is 14.7. The summed E-state index contributed by atoms with van der Waals surface area (Å²) in [5, 5.41) is -0.809. The zero-order chi connectivity index (χ0) is 28.0. The summed E-state index contributed by atoms with van der Waals surface area (Å²) in [5.41, 5.74) is 2.94. The molecule has 0 amide bonds. The Morgan fingerprint density at radius 3 is 1.54 bits per heavy atom. The van der Waals surface area contributed by atoms with E-state index in [2.05, 4.69) is 57.4 Å². The number of nitrogens with zero attached hydrogens (tertiary/aromatic N) is 4. The summed E-state index contributed by atoms with van der Waals surface area (Å²) < 4.78 is 0. The van der Waals surface area contributed by atoms with Crippen molar-refractivity contribution in [2.24, 2.45) is 28.6 Å². The summed E-state index contributed by atoms with van der Waals surface area (Å²) >= 11 is 0. The summed E-state index contributed by atoms with van der Waals surface area (Å²) in [5.74, 6) is 4.10. The third-order valence-corrected chi connectivity index (χ3v) is 12.7. The van der Waals surface area contributed by atoms with E-state index in [9.17, 15) is 0 Å². The van der Waals surface area contributed by atoms with Crippen molar-refractivity contribution >= 4 is 18.5 Å². The van der Waals surface area contributed by atoms with E-state index in [4.69, 9.17) is 19.9 Å². The Balaban J connectivity index is 0.000000510. The smallest absolute Gasteiger partial charge is 0.147 e. The first-order valence-corrected chi connectivity index (χ1v) is 15.9. The van der Waals surface area contributed by atoms with Crippen LogP contribution in [0.15, 0.2) is 85.5 Å². The predicted octanol–water partition coefficient (Wildman–Crippen LogP) is 7.89. The van der Waals surface area contributed by atoms with Crippen LogP contribution < -0.4 is 0 Å². The van der Waals surface area contributed by atoms with Crippen molar-refractivity contribution in [3.05, 3.63) is 108 Å². The van der Waals surface area contributed by atoms with E-state index in [0.717, 1.165) is 29.4 Å². The van der Waals surface area contributed by atoms with E-state index in [-0.39, 0.29) is 33.1 Å². The quantitative estimate of drug-likeness (QED) is 0.129. The molecule has 41 heavy (non-hydrogen) atoms. The summed E-state index contributed by atoms with van der Waals surface area (Å²) in [6, 6.07) is 20.6. The molecule has 4 fully saturated rings. The van der Waals surface area contributed by atoms with E-state index in [1.54, 1.807) is 0 Å². The van der Waals surface area contributed by atoms with Gasteiger partial charge in [-0.15, -0.1) is 29.6 Å². The molecule has 4 aliphatic carbocycles. The Morgan fingerprint density at radius 1 is 0.732 bits per heavy atom. The Labute approximate surface area is 261 Å². The molecule has 0 aliphatic heterocycles. The fourth-order valence-corrected chi connectivity index (χ4v) is 10.0. The minimum atomic E-state index is -0.725. The predicted molar refractivity (Wildman–Crippen MR) is 169 cm³/mol. The van der Waals surface area contributed by atoms with Gasteiger partial charge in [-0.3, -0.25) is 0 Å². The van der Waals surface area contributed by atoms with Gasteiger partial charge in [0, 0.05) is 41.9 Å². The SMILES string of the molecule is CC(C)(C)C(P)([c-]1cccc1C(P)(c1ncccn1)c1ncccn1)C12CC3CC(CC(C3)C1)C2.[Fe].[cH-]1[cH-][cH-][cH-][cH-]1. The van der Waals surface area contributed by atoms with Crippen molar-refractivity contribution in [3.63, 3.8) is 0 Å². The molecule has 8 rings (SSSR count). The number of rotatable bonds is 5. The second kappa shape index (κ2) is 11.7. The minimum absolute atomic E-state index is 0. The van der Waals surface area contributed by atoms with E-state index in [0.29, 0.717) is 0 Å². The number of aromatic nitrogens is 4. The van der Waals surface area contributed by atoms with Crippen LogP contribution in [0.1, 0.15) is 82.1 Å². The van der Waals surface area contributed by atoms with Crippen molar-refractivity contribution < 1.29 is 17.1 Å². The van der Waals surface area contributed by atoms with Crippen LogP contribution in [0.2, 0.25) is 0 Å². The van der Waals surface area contributed by atoms with E-state index >= 15 is 0 Å². The van der Waals surface area contributed by atoms with Crippen LogP contribution in [0.25, 0.3) is 0 Å². The van der Waals surface area contributed by atoms with E-state index < -0.39 is 5.16 Å². The van der Waals surface area contributed by atoms with Gasteiger partial charge in [0.25, 0.3) is 0 Å². The van der Waals surface area contributed by atoms with Gasteiger partial charge >= 0.3 is 0 Å². The maximum Gasteiger partial charge on any atom is 0.147 e.